The predicted octanol–water partition coefficient (Wildman–Crippen LogP) is 3.77. The van der Waals surface area contributed by atoms with E-state index in [4.69, 9.17) is 17.3 Å². The Bertz CT molecular complexity index is 625. The third-order valence-corrected chi connectivity index (χ3v) is 4.19. The Morgan fingerprint density at radius 3 is 2.89 bits per heavy atom. The summed E-state index contributed by atoms with van der Waals surface area (Å²) in [6, 6.07) is 6.08. The van der Waals surface area contributed by atoms with Crippen LogP contribution < -0.4 is 5.73 Å². The monoisotopic (exact) mass is 322 g/mol. The van der Waals surface area contributed by atoms with Crippen LogP contribution in [0.1, 0.15) is 22.4 Å². The van der Waals surface area contributed by atoms with Crippen LogP contribution in [0.25, 0.3) is 0 Å². The van der Waals surface area contributed by atoms with Crippen LogP contribution in [0, 0.1) is 0 Å². The Morgan fingerprint density at radius 1 is 1.22 bits per heavy atom. The molecule has 92 valence electrons. The lowest BCUT2D eigenvalue weighted by atomic mass is 10.0. The summed E-state index contributed by atoms with van der Waals surface area (Å²) in [6.45, 7) is 0. The topological polar surface area (TPSA) is 38.9 Å². The van der Waals surface area contributed by atoms with Crippen LogP contribution in [0.2, 0.25) is 5.02 Å². The first-order valence-corrected chi connectivity index (χ1v) is 7.01. The number of benzene rings is 1. The molecule has 0 unspecified atom stereocenters. The average Bonchev–Trinajstić information content (AvgIpc) is 2.53. The van der Waals surface area contributed by atoms with Gasteiger partial charge in [-0.25, -0.2) is 0 Å². The Hall–Kier alpha value is -1.06. The number of aryl methyl sites for hydroxylation is 1. The fourth-order valence-electron chi connectivity index (χ4n) is 2.47. The largest absolute Gasteiger partial charge is 0.397 e. The standard InChI is InChI=1S/C14H12BrClN2/c15-10-5-9-1-3-11-8(6-13(9)18-7-10)2-4-12(16)14(11)17/h2,4-5,7H,1,3,6,17H2. The van der Waals surface area contributed by atoms with Crippen molar-refractivity contribution in [3.63, 3.8) is 0 Å². The van der Waals surface area contributed by atoms with Crippen LogP contribution >= 0.6 is 27.5 Å². The number of nitrogens with two attached hydrogens (primary N) is 1. The molecule has 1 aromatic carbocycles. The van der Waals surface area contributed by atoms with E-state index in [1.165, 1.54) is 16.7 Å². The van der Waals surface area contributed by atoms with Gasteiger partial charge in [0.1, 0.15) is 0 Å². The van der Waals surface area contributed by atoms with Crippen molar-refractivity contribution in [2.75, 3.05) is 5.73 Å². The van der Waals surface area contributed by atoms with Crippen molar-refractivity contribution < 1.29 is 0 Å². The molecule has 0 spiro atoms. The fraction of sp³-hybridized carbons (Fsp3) is 0.214. The summed E-state index contributed by atoms with van der Waals surface area (Å²) in [7, 11) is 0. The van der Waals surface area contributed by atoms with E-state index in [9.17, 15) is 0 Å². The van der Waals surface area contributed by atoms with Crippen LogP contribution in [-0.2, 0) is 19.3 Å². The number of fused-ring (bicyclic) bond motifs is 2. The van der Waals surface area contributed by atoms with Gasteiger partial charge in [-0.1, -0.05) is 17.7 Å². The molecule has 4 heteroatoms. The molecule has 18 heavy (non-hydrogen) atoms. The quantitative estimate of drug-likeness (QED) is 0.750. The van der Waals surface area contributed by atoms with Crippen LogP contribution in [0.15, 0.2) is 28.9 Å². The maximum Gasteiger partial charge on any atom is 0.0638 e. The zero-order valence-corrected chi connectivity index (χ0v) is 12.1. The number of aromatic nitrogens is 1. The van der Waals surface area contributed by atoms with Crippen molar-refractivity contribution in [3.05, 3.63) is 56.3 Å². The van der Waals surface area contributed by atoms with Crippen LogP contribution in [0.4, 0.5) is 5.69 Å². The van der Waals surface area contributed by atoms with E-state index < -0.39 is 0 Å². The van der Waals surface area contributed by atoms with Gasteiger partial charge in [0.25, 0.3) is 0 Å². The van der Waals surface area contributed by atoms with Gasteiger partial charge in [0, 0.05) is 22.8 Å². The molecule has 2 N–H and O–H groups in total. The highest BCUT2D eigenvalue weighted by Crippen LogP contribution is 2.32. The Morgan fingerprint density at radius 2 is 2.06 bits per heavy atom. The van der Waals surface area contributed by atoms with Crippen molar-refractivity contribution in [2.24, 2.45) is 0 Å². The molecule has 1 aliphatic carbocycles. The van der Waals surface area contributed by atoms with Gasteiger partial charge in [-0.3, -0.25) is 4.98 Å². The molecular weight excluding hydrogens is 312 g/mol. The number of nitrogen functional groups attached to an aromatic ring is 1. The Kier molecular flexibility index (Phi) is 3.04. The van der Waals surface area contributed by atoms with Gasteiger partial charge in [-0.05, 0) is 57.6 Å². The smallest absolute Gasteiger partial charge is 0.0638 e. The highest BCUT2D eigenvalue weighted by atomic mass is 79.9. The highest BCUT2D eigenvalue weighted by Gasteiger charge is 2.17. The number of hydrogen-bond acceptors (Lipinski definition) is 2. The zero-order chi connectivity index (χ0) is 12.7. The third-order valence-electron chi connectivity index (χ3n) is 3.43. The van der Waals surface area contributed by atoms with Crippen LogP contribution in [0.5, 0.6) is 0 Å². The number of rotatable bonds is 0. The summed E-state index contributed by atoms with van der Waals surface area (Å²) in [5.74, 6) is 0. The van der Waals surface area contributed by atoms with E-state index in [1.54, 1.807) is 0 Å². The van der Waals surface area contributed by atoms with Crippen molar-refractivity contribution in [2.45, 2.75) is 19.3 Å². The lowest BCUT2D eigenvalue weighted by Gasteiger charge is -2.10. The normalized spacial score (nSPS) is 13.7. The second-order valence-corrected chi connectivity index (χ2v) is 5.86. The first kappa shape index (κ1) is 12.0. The molecule has 2 aromatic rings. The summed E-state index contributed by atoms with van der Waals surface area (Å²) in [4.78, 5) is 4.51. The lowest BCUT2D eigenvalue weighted by molar-refractivity contribution is 0.951. The van der Waals surface area contributed by atoms with E-state index >= 15 is 0 Å². The number of nitrogens with zero attached hydrogens (tertiary/aromatic N) is 1. The van der Waals surface area contributed by atoms with E-state index in [2.05, 4.69) is 33.0 Å². The van der Waals surface area contributed by atoms with Gasteiger partial charge in [-0.2, -0.15) is 0 Å². The zero-order valence-electron chi connectivity index (χ0n) is 9.71. The molecule has 0 atom stereocenters. The summed E-state index contributed by atoms with van der Waals surface area (Å²) in [5, 5.41) is 0.647. The third kappa shape index (κ3) is 2.02. The first-order chi connectivity index (χ1) is 8.65. The van der Waals surface area contributed by atoms with Gasteiger partial charge < -0.3 is 5.73 Å². The second-order valence-electron chi connectivity index (χ2n) is 4.53. The van der Waals surface area contributed by atoms with Crippen molar-refractivity contribution in [3.8, 4) is 0 Å². The number of anilines is 1. The molecule has 0 saturated heterocycles. The minimum absolute atomic E-state index is 0.647. The second kappa shape index (κ2) is 4.56. The van der Waals surface area contributed by atoms with Gasteiger partial charge in [0.05, 0.1) is 10.7 Å². The lowest BCUT2D eigenvalue weighted by Crippen LogP contribution is -2.00. The molecule has 0 radical (unpaired) electrons. The molecule has 1 aliphatic rings. The van der Waals surface area contributed by atoms with E-state index in [0.29, 0.717) is 5.02 Å². The molecule has 1 heterocycles. The first-order valence-electron chi connectivity index (χ1n) is 5.84. The number of halogens is 2. The number of pyridine rings is 1. The van der Waals surface area contributed by atoms with Crippen molar-refractivity contribution >= 4 is 33.2 Å². The molecule has 0 saturated carbocycles. The molecule has 0 aliphatic heterocycles. The van der Waals surface area contributed by atoms with E-state index in [-0.39, 0.29) is 0 Å². The Labute approximate surface area is 119 Å². The van der Waals surface area contributed by atoms with Crippen LogP contribution in [0.3, 0.4) is 0 Å². The minimum Gasteiger partial charge on any atom is -0.397 e. The summed E-state index contributed by atoms with van der Waals surface area (Å²) < 4.78 is 1.03. The molecule has 1 aromatic heterocycles. The number of hydrogen-bond donors (Lipinski definition) is 1. The van der Waals surface area contributed by atoms with Gasteiger partial charge >= 0.3 is 0 Å². The van der Waals surface area contributed by atoms with Gasteiger partial charge in [-0.15, -0.1) is 0 Å². The Balaban J connectivity index is 2.11. The van der Waals surface area contributed by atoms with Crippen LogP contribution in [-0.4, -0.2) is 4.98 Å². The van der Waals surface area contributed by atoms with Gasteiger partial charge in [0.2, 0.25) is 0 Å². The highest BCUT2D eigenvalue weighted by molar-refractivity contribution is 9.10. The minimum atomic E-state index is 0.647. The molecule has 0 amide bonds. The SMILES string of the molecule is Nc1c(Cl)ccc2c1CCc1cc(Br)cnc1C2. The maximum atomic E-state index is 6.09. The van der Waals surface area contributed by atoms with E-state index in [1.807, 2.05) is 12.3 Å². The molecule has 0 bridgehead atoms. The maximum absolute atomic E-state index is 6.09. The fourth-order valence-corrected chi connectivity index (χ4v) is 3.02. The summed E-state index contributed by atoms with van der Waals surface area (Å²) in [5.41, 5.74) is 11.6. The average molecular weight is 324 g/mol. The van der Waals surface area contributed by atoms with Crippen molar-refractivity contribution in [1.82, 2.24) is 4.98 Å². The summed E-state index contributed by atoms with van der Waals surface area (Å²) in [6.07, 6.45) is 4.56. The van der Waals surface area contributed by atoms with Crippen molar-refractivity contribution in [1.29, 1.82) is 0 Å². The van der Waals surface area contributed by atoms with Gasteiger partial charge in [0.15, 0.2) is 0 Å². The predicted molar refractivity (Wildman–Crippen MR) is 78.0 cm³/mol. The molecular formula is C14H12BrClN2. The molecule has 2 nitrogen and oxygen atoms in total. The summed E-state index contributed by atoms with van der Waals surface area (Å²) >= 11 is 9.56. The molecule has 0 fully saturated rings. The van der Waals surface area contributed by atoms with E-state index in [0.717, 1.165) is 35.1 Å². The molecule has 3 rings (SSSR count).